The lowest BCUT2D eigenvalue weighted by molar-refractivity contribution is -0.117. The fourth-order valence-corrected chi connectivity index (χ4v) is 5.02. The molecule has 0 aromatic carbocycles. The molecule has 124 valence electrons. The number of carbonyl (C=O) groups is 2. The number of thiophene rings is 1. The Balaban J connectivity index is 1.46. The number of aryl methyl sites for hydroxylation is 1. The molecule has 1 atom stereocenters. The van der Waals surface area contributed by atoms with Crippen molar-refractivity contribution in [3.8, 4) is 0 Å². The monoisotopic (exact) mass is 333 g/mol. The number of hydrogen-bond acceptors (Lipinski definition) is 3. The molecule has 0 aliphatic carbocycles. The second-order valence-electron chi connectivity index (χ2n) is 7.19. The third-order valence-corrected chi connectivity index (χ3v) is 6.42. The van der Waals surface area contributed by atoms with Crippen LogP contribution in [-0.2, 0) is 4.79 Å². The lowest BCUT2D eigenvalue weighted by Crippen LogP contribution is -2.42. The summed E-state index contributed by atoms with van der Waals surface area (Å²) < 4.78 is 0. The van der Waals surface area contributed by atoms with E-state index in [1.165, 1.54) is 4.88 Å². The Kier molecular flexibility index (Phi) is 3.59. The van der Waals surface area contributed by atoms with Crippen LogP contribution in [0, 0.1) is 12.3 Å². The molecule has 3 saturated heterocycles. The van der Waals surface area contributed by atoms with Gasteiger partial charge in [0.1, 0.15) is 0 Å². The molecule has 5 nitrogen and oxygen atoms in total. The summed E-state index contributed by atoms with van der Waals surface area (Å²) in [6.45, 7) is 6.13. The lowest BCUT2D eigenvalue weighted by Gasteiger charge is -2.26. The predicted octanol–water partition coefficient (Wildman–Crippen LogP) is 2.70. The van der Waals surface area contributed by atoms with Crippen molar-refractivity contribution in [2.75, 3.05) is 37.6 Å². The molecule has 1 aromatic heterocycles. The van der Waals surface area contributed by atoms with Gasteiger partial charge in [-0.05, 0) is 38.3 Å². The number of rotatable bonds is 1. The molecule has 0 bridgehead atoms. The zero-order valence-electron chi connectivity index (χ0n) is 13.6. The summed E-state index contributed by atoms with van der Waals surface area (Å²) in [6, 6.07) is 4.28. The van der Waals surface area contributed by atoms with Gasteiger partial charge in [0.25, 0.3) is 0 Å². The van der Waals surface area contributed by atoms with Crippen LogP contribution in [0.1, 0.15) is 30.6 Å². The number of anilines is 1. The van der Waals surface area contributed by atoms with Gasteiger partial charge in [-0.15, -0.1) is 11.3 Å². The highest BCUT2D eigenvalue weighted by Crippen LogP contribution is 2.43. The van der Waals surface area contributed by atoms with Crippen LogP contribution in [0.5, 0.6) is 0 Å². The van der Waals surface area contributed by atoms with E-state index in [1.807, 2.05) is 20.8 Å². The van der Waals surface area contributed by atoms with Crippen molar-refractivity contribution in [1.82, 2.24) is 9.80 Å². The van der Waals surface area contributed by atoms with Gasteiger partial charge in [-0.1, -0.05) is 0 Å². The predicted molar refractivity (Wildman–Crippen MR) is 90.9 cm³/mol. The minimum absolute atomic E-state index is 0.0373. The summed E-state index contributed by atoms with van der Waals surface area (Å²) in [7, 11) is 0. The zero-order chi connectivity index (χ0) is 16.0. The molecule has 3 fully saturated rings. The minimum Gasteiger partial charge on any atom is -0.325 e. The van der Waals surface area contributed by atoms with Gasteiger partial charge < -0.3 is 14.7 Å². The Labute approximate surface area is 140 Å². The highest BCUT2D eigenvalue weighted by Gasteiger charge is 2.49. The number of hydrogen-bond donors (Lipinski definition) is 0. The number of carbonyl (C=O) groups excluding carboxylic acids is 2. The third kappa shape index (κ3) is 2.63. The molecule has 4 heterocycles. The molecule has 1 aromatic rings. The standard InChI is InChI=1S/C17H23N3O2S/c1-13-4-5-15(23-13)20-12-17(10-14(20)21)6-9-19(11-17)16(22)18-7-2-3-8-18/h4-5H,2-3,6-12H2,1H3. The van der Waals surface area contributed by atoms with Crippen molar-refractivity contribution in [3.63, 3.8) is 0 Å². The van der Waals surface area contributed by atoms with Crippen molar-refractivity contribution in [2.45, 2.75) is 32.6 Å². The van der Waals surface area contributed by atoms with Gasteiger partial charge in [0.05, 0.1) is 5.00 Å². The molecular formula is C17H23N3O2S. The van der Waals surface area contributed by atoms with Crippen LogP contribution in [0.25, 0.3) is 0 Å². The molecule has 3 aliphatic heterocycles. The number of likely N-dealkylation sites (tertiary alicyclic amines) is 2. The first-order valence-electron chi connectivity index (χ1n) is 8.47. The van der Waals surface area contributed by atoms with Crippen LogP contribution < -0.4 is 4.90 Å². The van der Waals surface area contributed by atoms with Crippen LogP contribution >= 0.6 is 11.3 Å². The first kappa shape index (κ1) is 15.0. The molecule has 4 rings (SSSR count). The Hall–Kier alpha value is -1.56. The van der Waals surface area contributed by atoms with Gasteiger partial charge in [0, 0.05) is 49.4 Å². The first-order valence-corrected chi connectivity index (χ1v) is 9.29. The summed E-state index contributed by atoms with van der Waals surface area (Å²) in [6.07, 6.45) is 3.76. The average molecular weight is 333 g/mol. The normalized spacial score (nSPS) is 27.7. The zero-order valence-corrected chi connectivity index (χ0v) is 14.4. The third-order valence-electron chi connectivity index (χ3n) is 5.40. The van der Waals surface area contributed by atoms with Crippen LogP contribution in [0.15, 0.2) is 12.1 Å². The molecule has 3 amide bonds. The van der Waals surface area contributed by atoms with E-state index in [4.69, 9.17) is 0 Å². The second kappa shape index (κ2) is 5.51. The van der Waals surface area contributed by atoms with Crippen molar-refractivity contribution in [2.24, 2.45) is 5.41 Å². The van der Waals surface area contributed by atoms with Crippen LogP contribution in [0.4, 0.5) is 9.80 Å². The number of amides is 3. The van der Waals surface area contributed by atoms with Gasteiger partial charge in [0.2, 0.25) is 5.91 Å². The van der Waals surface area contributed by atoms with E-state index in [-0.39, 0.29) is 17.4 Å². The second-order valence-corrected chi connectivity index (χ2v) is 8.46. The highest BCUT2D eigenvalue weighted by molar-refractivity contribution is 7.16. The molecule has 0 N–H and O–H groups in total. The SMILES string of the molecule is Cc1ccc(N2CC3(CCN(C(=O)N4CCCC4)C3)CC2=O)s1. The van der Waals surface area contributed by atoms with Crippen LogP contribution in [0.3, 0.4) is 0 Å². The van der Waals surface area contributed by atoms with E-state index in [9.17, 15) is 9.59 Å². The summed E-state index contributed by atoms with van der Waals surface area (Å²) >= 11 is 1.67. The molecule has 0 radical (unpaired) electrons. The van der Waals surface area contributed by atoms with Gasteiger partial charge >= 0.3 is 6.03 Å². The lowest BCUT2D eigenvalue weighted by atomic mass is 9.86. The van der Waals surface area contributed by atoms with Gasteiger partial charge in [-0.25, -0.2) is 4.79 Å². The van der Waals surface area contributed by atoms with Crippen molar-refractivity contribution < 1.29 is 9.59 Å². The van der Waals surface area contributed by atoms with Crippen molar-refractivity contribution in [1.29, 1.82) is 0 Å². The van der Waals surface area contributed by atoms with Crippen molar-refractivity contribution >= 4 is 28.3 Å². The quantitative estimate of drug-likeness (QED) is 0.793. The maximum absolute atomic E-state index is 12.6. The van der Waals surface area contributed by atoms with E-state index < -0.39 is 0 Å². The average Bonchev–Trinajstić information content (AvgIpc) is 3.28. The largest absolute Gasteiger partial charge is 0.325 e. The summed E-state index contributed by atoms with van der Waals surface area (Å²) in [4.78, 5) is 32.2. The topological polar surface area (TPSA) is 43.9 Å². The summed E-state index contributed by atoms with van der Waals surface area (Å²) in [5.41, 5.74) is -0.0373. The van der Waals surface area contributed by atoms with Crippen molar-refractivity contribution in [3.05, 3.63) is 17.0 Å². The van der Waals surface area contributed by atoms with Crippen LogP contribution in [0.2, 0.25) is 0 Å². The highest BCUT2D eigenvalue weighted by atomic mass is 32.1. The van der Waals surface area contributed by atoms with Gasteiger partial charge in [0.15, 0.2) is 0 Å². The maximum atomic E-state index is 12.6. The number of urea groups is 1. The fourth-order valence-electron chi connectivity index (χ4n) is 4.14. The molecule has 1 spiro atoms. The summed E-state index contributed by atoms with van der Waals surface area (Å²) in [5.74, 6) is 0.210. The Morgan fingerprint density at radius 3 is 2.61 bits per heavy atom. The molecule has 3 aliphatic rings. The minimum atomic E-state index is -0.0373. The van der Waals surface area contributed by atoms with E-state index in [0.717, 1.165) is 57.0 Å². The maximum Gasteiger partial charge on any atom is 0.320 e. The molecule has 23 heavy (non-hydrogen) atoms. The fraction of sp³-hybridized carbons (Fsp3) is 0.647. The van der Waals surface area contributed by atoms with Gasteiger partial charge in [-0.3, -0.25) is 4.79 Å². The van der Waals surface area contributed by atoms with E-state index in [0.29, 0.717) is 6.42 Å². The number of nitrogens with zero attached hydrogens (tertiary/aromatic N) is 3. The van der Waals surface area contributed by atoms with E-state index in [1.54, 1.807) is 11.3 Å². The van der Waals surface area contributed by atoms with E-state index >= 15 is 0 Å². The first-order chi connectivity index (χ1) is 11.1. The molecule has 0 saturated carbocycles. The molecule has 6 heteroatoms. The Bertz CT molecular complexity index is 638. The molecule has 1 unspecified atom stereocenters. The van der Waals surface area contributed by atoms with Crippen LogP contribution in [-0.4, -0.2) is 54.5 Å². The summed E-state index contributed by atoms with van der Waals surface area (Å²) in [5, 5.41) is 1.05. The van der Waals surface area contributed by atoms with Gasteiger partial charge in [-0.2, -0.15) is 0 Å². The smallest absolute Gasteiger partial charge is 0.320 e. The Morgan fingerprint density at radius 2 is 1.91 bits per heavy atom. The molecular weight excluding hydrogens is 310 g/mol. The van der Waals surface area contributed by atoms with E-state index in [2.05, 4.69) is 13.0 Å². The Morgan fingerprint density at radius 1 is 1.13 bits per heavy atom.